The number of H-pyrrole nitrogens is 1. The summed E-state index contributed by atoms with van der Waals surface area (Å²) in [6, 6.07) is 9.72. The standard InChI is InChI=1S/C19H19N3O2S/c1-22-16-7-6-13(23)11-17(16)25-18(22)8-9-20-19(24)15-10-12-4-2-3-5-14(12)21-15/h2-7,10,18,21H,8-9,11H2,1H3,(H,20,24). The van der Waals surface area contributed by atoms with E-state index in [1.54, 1.807) is 17.8 Å². The summed E-state index contributed by atoms with van der Waals surface area (Å²) < 4.78 is 0. The highest BCUT2D eigenvalue weighted by atomic mass is 32.2. The molecule has 2 heterocycles. The summed E-state index contributed by atoms with van der Waals surface area (Å²) in [4.78, 5) is 30.4. The van der Waals surface area contributed by atoms with Crippen molar-refractivity contribution in [2.45, 2.75) is 18.2 Å². The van der Waals surface area contributed by atoms with Crippen LogP contribution in [-0.2, 0) is 4.79 Å². The van der Waals surface area contributed by atoms with Crippen LogP contribution in [-0.4, -0.2) is 40.5 Å². The van der Waals surface area contributed by atoms with Crippen molar-refractivity contribution in [1.82, 2.24) is 15.2 Å². The number of thioether (sulfide) groups is 1. The zero-order valence-electron chi connectivity index (χ0n) is 13.9. The lowest BCUT2D eigenvalue weighted by Crippen LogP contribution is -2.31. The van der Waals surface area contributed by atoms with Gasteiger partial charge in [-0.3, -0.25) is 9.59 Å². The highest BCUT2D eigenvalue weighted by Crippen LogP contribution is 2.42. The molecule has 1 atom stereocenters. The van der Waals surface area contributed by atoms with E-state index in [4.69, 9.17) is 0 Å². The molecule has 0 spiro atoms. The van der Waals surface area contributed by atoms with Gasteiger partial charge in [-0.05, 0) is 30.7 Å². The number of carbonyl (C=O) groups is 2. The normalized spacial score (nSPS) is 19.6. The Morgan fingerprint density at radius 1 is 1.36 bits per heavy atom. The number of likely N-dealkylation sites (N-methyl/N-ethyl adjacent to an activating group) is 1. The van der Waals surface area contributed by atoms with Crippen LogP contribution in [0.2, 0.25) is 0 Å². The van der Waals surface area contributed by atoms with Crippen molar-refractivity contribution < 1.29 is 9.59 Å². The molecule has 1 aliphatic heterocycles. The van der Waals surface area contributed by atoms with E-state index in [-0.39, 0.29) is 17.1 Å². The van der Waals surface area contributed by atoms with E-state index in [2.05, 4.69) is 15.2 Å². The molecule has 4 rings (SSSR count). The van der Waals surface area contributed by atoms with Gasteiger partial charge in [0.25, 0.3) is 5.91 Å². The minimum absolute atomic E-state index is 0.0883. The molecule has 0 bridgehead atoms. The van der Waals surface area contributed by atoms with Crippen LogP contribution in [0.25, 0.3) is 10.9 Å². The summed E-state index contributed by atoms with van der Waals surface area (Å²) in [5.74, 6) is 0.0714. The molecule has 2 aliphatic rings. The first-order valence-corrected chi connectivity index (χ1v) is 9.19. The highest BCUT2D eigenvalue weighted by Gasteiger charge is 2.31. The minimum atomic E-state index is -0.0883. The summed E-state index contributed by atoms with van der Waals surface area (Å²) in [7, 11) is 2.04. The number of aromatic nitrogens is 1. The molecule has 128 valence electrons. The van der Waals surface area contributed by atoms with E-state index >= 15 is 0 Å². The number of fused-ring (bicyclic) bond motifs is 1. The molecule has 2 aromatic rings. The maximum atomic E-state index is 12.3. The van der Waals surface area contributed by atoms with Gasteiger partial charge in [0, 0.05) is 41.5 Å². The average Bonchev–Trinajstić information content (AvgIpc) is 3.16. The number of nitrogens with zero attached hydrogens (tertiary/aromatic N) is 1. The lowest BCUT2D eigenvalue weighted by molar-refractivity contribution is -0.114. The first kappa shape index (κ1) is 16.0. The zero-order chi connectivity index (χ0) is 17.4. The van der Waals surface area contributed by atoms with Gasteiger partial charge < -0.3 is 15.2 Å². The van der Waals surface area contributed by atoms with E-state index in [0.717, 1.165) is 27.9 Å². The predicted octanol–water partition coefficient (Wildman–Crippen LogP) is 3.03. The Hall–Kier alpha value is -2.47. The van der Waals surface area contributed by atoms with Gasteiger partial charge in [0.1, 0.15) is 5.69 Å². The third kappa shape index (κ3) is 3.09. The molecule has 0 saturated heterocycles. The summed E-state index contributed by atoms with van der Waals surface area (Å²) >= 11 is 1.73. The molecule has 6 heteroatoms. The molecule has 0 radical (unpaired) electrons. The van der Waals surface area contributed by atoms with Crippen LogP contribution >= 0.6 is 11.8 Å². The average molecular weight is 353 g/mol. The van der Waals surface area contributed by atoms with Crippen LogP contribution in [0.15, 0.2) is 53.1 Å². The minimum Gasteiger partial charge on any atom is -0.362 e. The van der Waals surface area contributed by atoms with Gasteiger partial charge in [-0.25, -0.2) is 0 Å². The number of carbonyl (C=O) groups excluding carboxylic acids is 2. The number of aromatic amines is 1. The third-order valence-corrected chi connectivity index (χ3v) is 6.05. The lowest BCUT2D eigenvalue weighted by Gasteiger charge is -2.23. The Labute approximate surface area is 150 Å². The molecular formula is C19H19N3O2S. The van der Waals surface area contributed by atoms with E-state index < -0.39 is 0 Å². The molecule has 1 aromatic heterocycles. The van der Waals surface area contributed by atoms with Crippen LogP contribution in [0, 0.1) is 0 Å². The fraction of sp³-hybridized carbons (Fsp3) is 0.263. The number of hydrogen-bond acceptors (Lipinski definition) is 4. The Morgan fingerprint density at radius 3 is 3.04 bits per heavy atom. The Bertz CT molecular complexity index is 879. The van der Waals surface area contributed by atoms with Crippen molar-refractivity contribution >= 4 is 34.4 Å². The second-order valence-electron chi connectivity index (χ2n) is 6.28. The van der Waals surface area contributed by atoms with E-state index in [0.29, 0.717) is 18.7 Å². The highest BCUT2D eigenvalue weighted by molar-refractivity contribution is 8.03. The van der Waals surface area contributed by atoms with Gasteiger partial charge in [-0.15, -0.1) is 11.8 Å². The van der Waals surface area contributed by atoms with Crippen molar-refractivity contribution in [1.29, 1.82) is 0 Å². The van der Waals surface area contributed by atoms with Gasteiger partial charge in [0.15, 0.2) is 5.78 Å². The number of benzene rings is 1. The van der Waals surface area contributed by atoms with Crippen LogP contribution in [0.5, 0.6) is 0 Å². The van der Waals surface area contributed by atoms with Crippen LogP contribution in [0.4, 0.5) is 0 Å². The number of para-hydroxylation sites is 1. The van der Waals surface area contributed by atoms with Gasteiger partial charge in [-0.1, -0.05) is 18.2 Å². The van der Waals surface area contributed by atoms with Crippen molar-refractivity contribution in [3.63, 3.8) is 0 Å². The predicted molar refractivity (Wildman–Crippen MR) is 100 cm³/mol. The smallest absolute Gasteiger partial charge is 0.267 e. The molecule has 1 aromatic carbocycles. The Morgan fingerprint density at radius 2 is 2.20 bits per heavy atom. The van der Waals surface area contributed by atoms with Gasteiger partial charge in [0.2, 0.25) is 0 Å². The molecule has 1 unspecified atom stereocenters. The number of nitrogens with one attached hydrogen (secondary N) is 2. The largest absolute Gasteiger partial charge is 0.362 e. The maximum absolute atomic E-state index is 12.3. The van der Waals surface area contributed by atoms with Crippen LogP contribution in [0.1, 0.15) is 23.3 Å². The zero-order valence-corrected chi connectivity index (χ0v) is 14.7. The molecule has 0 fully saturated rings. The van der Waals surface area contributed by atoms with Crippen molar-refractivity contribution in [3.05, 3.63) is 58.8 Å². The van der Waals surface area contributed by atoms with Crippen LogP contribution in [0.3, 0.4) is 0 Å². The second kappa shape index (κ2) is 6.44. The summed E-state index contributed by atoms with van der Waals surface area (Å²) in [6.07, 6.45) is 4.87. The monoisotopic (exact) mass is 353 g/mol. The fourth-order valence-corrected chi connectivity index (χ4v) is 4.63. The number of hydrogen-bond donors (Lipinski definition) is 2. The number of allylic oxidation sites excluding steroid dienone is 3. The Kier molecular flexibility index (Phi) is 4.13. The molecule has 1 amide bonds. The van der Waals surface area contributed by atoms with E-state index in [1.165, 1.54) is 0 Å². The van der Waals surface area contributed by atoms with Gasteiger partial charge in [0.05, 0.1) is 5.37 Å². The molecule has 1 aliphatic carbocycles. The van der Waals surface area contributed by atoms with E-state index in [9.17, 15) is 9.59 Å². The SMILES string of the molecule is CN1C2=C(CC(=O)C=C2)SC1CCNC(=O)c1cc2ccccc2[nH]1. The summed E-state index contributed by atoms with van der Waals surface area (Å²) in [5, 5.41) is 4.27. The second-order valence-corrected chi connectivity index (χ2v) is 7.56. The van der Waals surface area contributed by atoms with Gasteiger partial charge in [-0.2, -0.15) is 0 Å². The first-order valence-electron chi connectivity index (χ1n) is 8.31. The lowest BCUT2D eigenvalue weighted by atomic mass is 10.1. The molecule has 2 N–H and O–H groups in total. The third-order valence-electron chi connectivity index (χ3n) is 4.59. The molecule has 0 saturated carbocycles. The molecule has 25 heavy (non-hydrogen) atoms. The van der Waals surface area contributed by atoms with Gasteiger partial charge >= 0.3 is 0 Å². The summed E-state index contributed by atoms with van der Waals surface area (Å²) in [5.41, 5.74) is 2.68. The topological polar surface area (TPSA) is 65.2 Å². The van der Waals surface area contributed by atoms with Crippen molar-refractivity contribution in [2.24, 2.45) is 0 Å². The van der Waals surface area contributed by atoms with Crippen LogP contribution < -0.4 is 5.32 Å². The fourth-order valence-electron chi connectivity index (χ4n) is 3.24. The number of rotatable bonds is 4. The Balaban J connectivity index is 1.33. The van der Waals surface area contributed by atoms with E-state index in [1.807, 2.05) is 43.5 Å². The van der Waals surface area contributed by atoms with Crippen molar-refractivity contribution in [3.8, 4) is 0 Å². The number of amides is 1. The summed E-state index contributed by atoms with van der Waals surface area (Å²) in [6.45, 7) is 0.592. The molecule has 5 nitrogen and oxygen atoms in total. The quantitative estimate of drug-likeness (QED) is 0.887. The first-order chi connectivity index (χ1) is 12.1. The molecular weight excluding hydrogens is 334 g/mol. The maximum Gasteiger partial charge on any atom is 0.267 e. The van der Waals surface area contributed by atoms with Crippen molar-refractivity contribution in [2.75, 3.05) is 13.6 Å². The number of ketones is 1.